The third-order valence-corrected chi connectivity index (χ3v) is 5.01. The van der Waals surface area contributed by atoms with Crippen LogP contribution in [0.4, 0.5) is 5.82 Å². The van der Waals surface area contributed by atoms with Gasteiger partial charge in [0.2, 0.25) is 0 Å². The fraction of sp³-hybridized carbons (Fsp3) is 0.611. The Morgan fingerprint density at radius 1 is 1.25 bits per heavy atom. The molecule has 0 saturated carbocycles. The largest absolute Gasteiger partial charge is 0.373 e. The maximum Gasteiger partial charge on any atom is 0.129 e. The van der Waals surface area contributed by atoms with Crippen molar-refractivity contribution in [2.75, 3.05) is 18.9 Å². The minimum absolute atomic E-state index is 0.363. The Bertz CT molecular complexity index is 721. The smallest absolute Gasteiger partial charge is 0.129 e. The Hall–Kier alpha value is -1.95. The lowest BCUT2D eigenvalue weighted by Crippen LogP contribution is -2.24. The third-order valence-electron chi connectivity index (χ3n) is 5.01. The molecule has 1 fully saturated rings. The molecule has 1 atom stereocenters. The van der Waals surface area contributed by atoms with Crippen molar-refractivity contribution >= 4 is 5.82 Å². The summed E-state index contributed by atoms with van der Waals surface area (Å²) in [5.41, 5.74) is 4.93. The Morgan fingerprint density at radius 3 is 2.71 bits per heavy atom. The zero-order valence-electron chi connectivity index (χ0n) is 15.4. The molecule has 0 aliphatic carbocycles. The van der Waals surface area contributed by atoms with Crippen LogP contribution in [0.3, 0.4) is 0 Å². The molecule has 0 radical (unpaired) electrons. The van der Waals surface area contributed by atoms with Crippen LogP contribution in [0.15, 0.2) is 6.07 Å². The number of hydrogen-bond donors (Lipinski definition) is 1. The molecule has 2 aromatic rings. The molecule has 0 amide bonds. The summed E-state index contributed by atoms with van der Waals surface area (Å²) in [4.78, 5) is 11.7. The van der Waals surface area contributed by atoms with Crippen molar-refractivity contribution < 1.29 is 0 Å². The summed E-state index contributed by atoms with van der Waals surface area (Å²) in [5.74, 6) is 1.73. The van der Waals surface area contributed by atoms with Crippen LogP contribution in [0.2, 0.25) is 0 Å². The van der Waals surface area contributed by atoms with Gasteiger partial charge in [-0.1, -0.05) is 0 Å². The molecule has 0 unspecified atom stereocenters. The standard InChI is InChI=1S/C18H28N6/c1-6-24-13(3)15(12(2)22-24)11-23-9-7-8-17(23)16-10-18(19-5)21-14(4)20-16/h10,17H,6-9,11H2,1-5H3,(H,19,20,21)/t17-/m1/s1. The van der Waals surface area contributed by atoms with Crippen molar-refractivity contribution in [2.45, 2.75) is 59.7 Å². The van der Waals surface area contributed by atoms with Crippen LogP contribution in [0.25, 0.3) is 0 Å². The molecular weight excluding hydrogens is 300 g/mol. The molecule has 1 saturated heterocycles. The van der Waals surface area contributed by atoms with Crippen molar-refractivity contribution in [3.05, 3.63) is 34.5 Å². The van der Waals surface area contributed by atoms with Crippen molar-refractivity contribution in [3.63, 3.8) is 0 Å². The predicted molar refractivity (Wildman–Crippen MR) is 96.1 cm³/mol. The van der Waals surface area contributed by atoms with Crippen molar-refractivity contribution in [2.24, 2.45) is 0 Å². The molecule has 0 bridgehead atoms. The fourth-order valence-electron chi connectivity index (χ4n) is 3.71. The molecule has 24 heavy (non-hydrogen) atoms. The lowest BCUT2D eigenvalue weighted by molar-refractivity contribution is 0.243. The van der Waals surface area contributed by atoms with Gasteiger partial charge in [0.1, 0.15) is 11.6 Å². The van der Waals surface area contributed by atoms with Gasteiger partial charge < -0.3 is 5.32 Å². The average Bonchev–Trinajstić information content (AvgIpc) is 3.14. The Kier molecular flexibility index (Phi) is 4.85. The Labute approximate surface area is 144 Å². The maximum absolute atomic E-state index is 4.71. The maximum atomic E-state index is 4.71. The fourth-order valence-corrected chi connectivity index (χ4v) is 3.71. The summed E-state index contributed by atoms with van der Waals surface area (Å²) in [7, 11) is 1.91. The lowest BCUT2D eigenvalue weighted by Gasteiger charge is -2.24. The second-order valence-corrected chi connectivity index (χ2v) is 6.57. The first-order valence-electron chi connectivity index (χ1n) is 8.83. The number of aryl methyl sites for hydroxylation is 3. The van der Waals surface area contributed by atoms with Gasteiger partial charge in [0.15, 0.2) is 0 Å². The van der Waals surface area contributed by atoms with Gasteiger partial charge in [0, 0.05) is 37.5 Å². The molecular formula is C18H28N6. The number of nitrogens with one attached hydrogen (secondary N) is 1. The van der Waals surface area contributed by atoms with Crippen molar-refractivity contribution in [1.82, 2.24) is 24.6 Å². The SMILES string of the molecule is CCn1nc(C)c(CN2CCC[C@@H]2c2cc(NC)nc(C)n2)c1C. The molecule has 6 heteroatoms. The molecule has 3 heterocycles. The summed E-state index contributed by atoms with van der Waals surface area (Å²) in [5, 5.41) is 7.81. The van der Waals surface area contributed by atoms with E-state index in [1.54, 1.807) is 0 Å². The number of hydrogen-bond acceptors (Lipinski definition) is 5. The van der Waals surface area contributed by atoms with Gasteiger partial charge >= 0.3 is 0 Å². The van der Waals surface area contributed by atoms with Crippen molar-refractivity contribution in [1.29, 1.82) is 0 Å². The highest BCUT2D eigenvalue weighted by Crippen LogP contribution is 2.33. The van der Waals surface area contributed by atoms with E-state index >= 15 is 0 Å². The first-order chi connectivity index (χ1) is 11.5. The Morgan fingerprint density at radius 2 is 2.04 bits per heavy atom. The van der Waals surface area contributed by atoms with Crippen LogP contribution in [0.5, 0.6) is 0 Å². The number of rotatable bonds is 5. The minimum atomic E-state index is 0.363. The summed E-state index contributed by atoms with van der Waals surface area (Å²) in [6.07, 6.45) is 2.36. The first kappa shape index (κ1) is 16.9. The molecule has 1 N–H and O–H groups in total. The zero-order chi connectivity index (χ0) is 17.3. The van der Waals surface area contributed by atoms with E-state index in [-0.39, 0.29) is 0 Å². The second kappa shape index (κ2) is 6.89. The van der Waals surface area contributed by atoms with Gasteiger partial charge in [-0.2, -0.15) is 5.10 Å². The van der Waals surface area contributed by atoms with Gasteiger partial charge in [-0.05, 0) is 47.1 Å². The van der Waals surface area contributed by atoms with Gasteiger partial charge in [-0.15, -0.1) is 0 Å². The monoisotopic (exact) mass is 328 g/mol. The Balaban J connectivity index is 1.86. The summed E-state index contributed by atoms with van der Waals surface area (Å²) < 4.78 is 2.10. The molecule has 0 spiro atoms. The zero-order valence-corrected chi connectivity index (χ0v) is 15.4. The molecule has 0 aromatic carbocycles. The normalized spacial score (nSPS) is 18.3. The molecule has 130 valence electrons. The topological polar surface area (TPSA) is 58.9 Å². The van der Waals surface area contributed by atoms with Crippen LogP contribution in [-0.2, 0) is 13.1 Å². The number of anilines is 1. The highest BCUT2D eigenvalue weighted by atomic mass is 15.3. The molecule has 6 nitrogen and oxygen atoms in total. The number of likely N-dealkylation sites (tertiary alicyclic amines) is 1. The third kappa shape index (κ3) is 3.15. The van der Waals surface area contributed by atoms with E-state index in [1.807, 2.05) is 14.0 Å². The van der Waals surface area contributed by atoms with Crippen LogP contribution in [-0.4, -0.2) is 38.2 Å². The van der Waals surface area contributed by atoms with Gasteiger partial charge in [0.25, 0.3) is 0 Å². The number of aromatic nitrogens is 4. The van der Waals surface area contributed by atoms with E-state index in [4.69, 9.17) is 4.98 Å². The minimum Gasteiger partial charge on any atom is -0.373 e. The highest BCUT2D eigenvalue weighted by Gasteiger charge is 2.29. The first-order valence-corrected chi connectivity index (χ1v) is 8.83. The van der Waals surface area contributed by atoms with Crippen molar-refractivity contribution in [3.8, 4) is 0 Å². The van der Waals surface area contributed by atoms with Crippen LogP contribution >= 0.6 is 0 Å². The van der Waals surface area contributed by atoms with E-state index in [1.165, 1.54) is 17.7 Å². The van der Waals surface area contributed by atoms with Crippen LogP contribution < -0.4 is 5.32 Å². The number of nitrogens with zero attached hydrogens (tertiary/aromatic N) is 5. The quantitative estimate of drug-likeness (QED) is 0.914. The average molecular weight is 328 g/mol. The van der Waals surface area contributed by atoms with Gasteiger partial charge in [0.05, 0.1) is 17.4 Å². The summed E-state index contributed by atoms with van der Waals surface area (Å²) in [6.45, 7) is 11.4. The molecule has 1 aliphatic heterocycles. The van der Waals surface area contributed by atoms with Crippen LogP contribution in [0, 0.1) is 20.8 Å². The molecule has 3 rings (SSSR count). The second-order valence-electron chi connectivity index (χ2n) is 6.57. The van der Waals surface area contributed by atoms with E-state index in [0.29, 0.717) is 6.04 Å². The highest BCUT2D eigenvalue weighted by molar-refractivity contribution is 5.36. The van der Waals surface area contributed by atoms with E-state index in [9.17, 15) is 0 Å². The molecule has 2 aromatic heterocycles. The summed E-state index contributed by atoms with van der Waals surface area (Å²) in [6, 6.07) is 2.45. The van der Waals surface area contributed by atoms with Gasteiger partial charge in [-0.25, -0.2) is 9.97 Å². The predicted octanol–water partition coefficient (Wildman–Crippen LogP) is 3.00. The van der Waals surface area contributed by atoms with E-state index < -0.39 is 0 Å². The van der Waals surface area contributed by atoms with Crippen LogP contribution in [0.1, 0.15) is 54.3 Å². The van der Waals surface area contributed by atoms with E-state index in [0.717, 1.165) is 49.1 Å². The summed E-state index contributed by atoms with van der Waals surface area (Å²) >= 11 is 0. The van der Waals surface area contributed by atoms with E-state index in [2.05, 4.69) is 51.8 Å². The van der Waals surface area contributed by atoms with Gasteiger partial charge in [-0.3, -0.25) is 9.58 Å². The molecule has 1 aliphatic rings. The lowest BCUT2D eigenvalue weighted by atomic mass is 10.1.